The molecular weight excluding hydrogens is 430 g/mol. The molecule has 3 rings (SSSR count). The molecule has 1 aromatic heterocycles. The van der Waals surface area contributed by atoms with E-state index in [-0.39, 0.29) is 23.6 Å². The van der Waals surface area contributed by atoms with Crippen molar-refractivity contribution in [1.82, 2.24) is 4.98 Å². The Morgan fingerprint density at radius 2 is 1.75 bits per heavy atom. The van der Waals surface area contributed by atoms with Gasteiger partial charge in [-0.2, -0.15) is 0 Å². The van der Waals surface area contributed by atoms with E-state index in [1.54, 1.807) is 31.2 Å². The Labute approximate surface area is 189 Å². The number of aromatic carboxylic acids is 1. The Kier molecular flexibility index (Phi) is 7.56. The van der Waals surface area contributed by atoms with Crippen LogP contribution in [0.5, 0.6) is 0 Å². The number of anilines is 2. The van der Waals surface area contributed by atoms with Gasteiger partial charge in [-0.1, -0.05) is 24.3 Å². The van der Waals surface area contributed by atoms with Gasteiger partial charge in [-0.25, -0.2) is 9.78 Å². The van der Waals surface area contributed by atoms with Crippen LogP contribution in [0.3, 0.4) is 0 Å². The summed E-state index contributed by atoms with van der Waals surface area (Å²) in [5, 5.41) is 15.6. The van der Waals surface area contributed by atoms with Gasteiger partial charge in [-0.15, -0.1) is 11.3 Å². The number of aryl methyl sites for hydroxylation is 1. The summed E-state index contributed by atoms with van der Waals surface area (Å²) in [6.07, 6.45) is 0.653. The van der Waals surface area contributed by atoms with E-state index in [4.69, 9.17) is 4.74 Å². The number of carbonyl (C=O) groups excluding carboxylic acids is 2. The van der Waals surface area contributed by atoms with Crippen LogP contribution in [-0.4, -0.2) is 41.1 Å². The van der Waals surface area contributed by atoms with Gasteiger partial charge < -0.3 is 20.5 Å². The van der Waals surface area contributed by atoms with Gasteiger partial charge in [0.25, 0.3) is 5.91 Å². The van der Waals surface area contributed by atoms with Crippen molar-refractivity contribution in [2.75, 3.05) is 23.8 Å². The van der Waals surface area contributed by atoms with Crippen LogP contribution >= 0.6 is 11.3 Å². The summed E-state index contributed by atoms with van der Waals surface area (Å²) >= 11 is 1.48. The fraction of sp³-hybridized carbons (Fsp3) is 0.217. The SMILES string of the molecule is CCOC(=O)CNc1nc(C)c(Cc2ccc(NC(=O)c3ccccc3C(=O)O)cc2)s1. The highest BCUT2D eigenvalue weighted by molar-refractivity contribution is 7.15. The molecule has 0 spiro atoms. The zero-order valence-corrected chi connectivity index (χ0v) is 18.5. The number of rotatable bonds is 9. The number of ether oxygens (including phenoxy) is 1. The van der Waals surface area contributed by atoms with E-state index in [0.29, 0.717) is 23.8 Å². The van der Waals surface area contributed by atoms with Gasteiger partial charge in [-0.3, -0.25) is 9.59 Å². The van der Waals surface area contributed by atoms with Crippen molar-refractivity contribution in [3.8, 4) is 0 Å². The minimum Gasteiger partial charge on any atom is -0.478 e. The molecule has 3 aromatic rings. The largest absolute Gasteiger partial charge is 0.478 e. The number of nitrogens with one attached hydrogen (secondary N) is 2. The van der Waals surface area contributed by atoms with Crippen molar-refractivity contribution in [2.45, 2.75) is 20.3 Å². The van der Waals surface area contributed by atoms with Crippen LogP contribution in [0.4, 0.5) is 10.8 Å². The second-order valence-corrected chi connectivity index (χ2v) is 7.95. The zero-order chi connectivity index (χ0) is 23.1. The summed E-state index contributed by atoms with van der Waals surface area (Å²) < 4.78 is 4.90. The first-order valence-electron chi connectivity index (χ1n) is 9.95. The van der Waals surface area contributed by atoms with E-state index in [9.17, 15) is 19.5 Å². The number of carbonyl (C=O) groups is 3. The van der Waals surface area contributed by atoms with Crippen molar-refractivity contribution < 1.29 is 24.2 Å². The zero-order valence-electron chi connectivity index (χ0n) is 17.7. The molecule has 0 radical (unpaired) electrons. The molecule has 0 saturated heterocycles. The minimum absolute atomic E-state index is 0.0466. The first kappa shape index (κ1) is 23.0. The van der Waals surface area contributed by atoms with E-state index in [0.717, 1.165) is 16.1 Å². The van der Waals surface area contributed by atoms with Gasteiger partial charge in [0, 0.05) is 17.0 Å². The summed E-state index contributed by atoms with van der Waals surface area (Å²) in [7, 11) is 0. The smallest absolute Gasteiger partial charge is 0.336 e. The first-order valence-corrected chi connectivity index (χ1v) is 10.8. The summed E-state index contributed by atoms with van der Waals surface area (Å²) in [4.78, 5) is 40.8. The molecule has 32 heavy (non-hydrogen) atoms. The van der Waals surface area contributed by atoms with Gasteiger partial charge in [0.1, 0.15) is 6.54 Å². The average Bonchev–Trinajstić information content (AvgIpc) is 3.13. The van der Waals surface area contributed by atoms with Crippen molar-refractivity contribution in [3.05, 3.63) is 75.8 Å². The van der Waals surface area contributed by atoms with Gasteiger partial charge in [-0.05, 0) is 43.7 Å². The molecule has 0 atom stereocenters. The Balaban J connectivity index is 1.62. The highest BCUT2D eigenvalue weighted by Gasteiger charge is 2.16. The van der Waals surface area contributed by atoms with E-state index >= 15 is 0 Å². The molecule has 0 aliphatic heterocycles. The Hall–Kier alpha value is -3.72. The molecule has 1 amide bonds. The molecule has 9 heteroatoms. The van der Waals surface area contributed by atoms with Crippen molar-refractivity contribution >= 4 is 40.0 Å². The molecule has 0 fully saturated rings. The van der Waals surface area contributed by atoms with Crippen LogP contribution in [0.15, 0.2) is 48.5 Å². The Bertz CT molecular complexity index is 1120. The fourth-order valence-corrected chi connectivity index (χ4v) is 3.98. The standard InChI is InChI=1S/C23H23N3O5S/c1-3-31-20(27)13-24-23-25-14(2)19(32-23)12-15-8-10-16(11-9-15)26-21(28)17-6-4-5-7-18(17)22(29)30/h4-11H,3,12-13H2,1-2H3,(H,24,25)(H,26,28)(H,29,30). The van der Waals surface area contributed by atoms with E-state index in [2.05, 4.69) is 15.6 Å². The molecule has 166 valence electrons. The van der Waals surface area contributed by atoms with Crippen molar-refractivity contribution in [2.24, 2.45) is 0 Å². The molecule has 0 unspecified atom stereocenters. The monoisotopic (exact) mass is 453 g/mol. The molecule has 0 aliphatic rings. The number of hydrogen-bond acceptors (Lipinski definition) is 7. The second kappa shape index (κ2) is 10.5. The lowest BCUT2D eigenvalue weighted by molar-refractivity contribution is -0.140. The predicted octanol–water partition coefficient (Wildman–Crippen LogP) is 3.97. The lowest BCUT2D eigenvalue weighted by Crippen LogP contribution is -2.16. The Morgan fingerprint density at radius 1 is 1.06 bits per heavy atom. The van der Waals surface area contributed by atoms with Crippen molar-refractivity contribution in [3.63, 3.8) is 0 Å². The normalized spacial score (nSPS) is 10.4. The Morgan fingerprint density at radius 3 is 2.41 bits per heavy atom. The van der Waals surface area contributed by atoms with Crippen LogP contribution in [-0.2, 0) is 16.0 Å². The molecule has 8 nitrogen and oxygen atoms in total. The number of aromatic nitrogens is 1. The van der Waals surface area contributed by atoms with Gasteiger partial charge >= 0.3 is 11.9 Å². The van der Waals surface area contributed by atoms with Crippen LogP contribution in [0.25, 0.3) is 0 Å². The number of hydrogen-bond donors (Lipinski definition) is 3. The molecule has 0 saturated carbocycles. The lowest BCUT2D eigenvalue weighted by atomic mass is 10.1. The number of carboxylic acids is 1. The molecular formula is C23H23N3O5S. The second-order valence-electron chi connectivity index (χ2n) is 6.86. The van der Waals surface area contributed by atoms with Gasteiger partial charge in [0.05, 0.1) is 23.4 Å². The maximum absolute atomic E-state index is 12.5. The number of thiazole rings is 1. The molecule has 2 aromatic carbocycles. The number of nitrogens with zero attached hydrogens (tertiary/aromatic N) is 1. The maximum Gasteiger partial charge on any atom is 0.336 e. The molecule has 1 heterocycles. The molecule has 0 bridgehead atoms. The van der Waals surface area contributed by atoms with Gasteiger partial charge in [0.15, 0.2) is 5.13 Å². The topological polar surface area (TPSA) is 118 Å². The molecule has 0 aliphatic carbocycles. The maximum atomic E-state index is 12.5. The first-order chi connectivity index (χ1) is 15.4. The highest BCUT2D eigenvalue weighted by Crippen LogP contribution is 2.25. The third kappa shape index (κ3) is 5.92. The fourth-order valence-electron chi connectivity index (χ4n) is 2.98. The van der Waals surface area contributed by atoms with Gasteiger partial charge in [0.2, 0.25) is 0 Å². The van der Waals surface area contributed by atoms with Crippen LogP contribution in [0.1, 0.15) is 43.8 Å². The van der Waals surface area contributed by atoms with Crippen molar-refractivity contribution in [1.29, 1.82) is 0 Å². The number of esters is 1. The minimum atomic E-state index is -1.15. The summed E-state index contributed by atoms with van der Waals surface area (Å²) in [5.41, 5.74) is 2.53. The molecule has 3 N–H and O–H groups in total. The van der Waals surface area contributed by atoms with E-state index < -0.39 is 11.9 Å². The third-order valence-electron chi connectivity index (χ3n) is 4.56. The highest BCUT2D eigenvalue weighted by atomic mass is 32.1. The summed E-state index contributed by atoms with van der Waals surface area (Å²) in [6, 6.07) is 13.4. The quantitative estimate of drug-likeness (QED) is 0.420. The third-order valence-corrected chi connectivity index (χ3v) is 5.68. The number of benzene rings is 2. The van der Waals surface area contributed by atoms with Crippen LogP contribution < -0.4 is 10.6 Å². The van der Waals surface area contributed by atoms with Crippen LogP contribution in [0, 0.1) is 6.92 Å². The number of carboxylic acid groups (broad SMARTS) is 1. The predicted molar refractivity (Wildman–Crippen MR) is 123 cm³/mol. The average molecular weight is 454 g/mol. The summed E-state index contributed by atoms with van der Waals surface area (Å²) in [6.45, 7) is 4.08. The van der Waals surface area contributed by atoms with Crippen LogP contribution in [0.2, 0.25) is 0 Å². The van der Waals surface area contributed by atoms with E-state index in [1.807, 2.05) is 19.1 Å². The van der Waals surface area contributed by atoms with E-state index in [1.165, 1.54) is 23.5 Å². The number of amides is 1. The summed E-state index contributed by atoms with van der Waals surface area (Å²) in [5.74, 6) is -1.96. The lowest BCUT2D eigenvalue weighted by Gasteiger charge is -2.08.